The van der Waals surface area contributed by atoms with Gasteiger partial charge in [0.05, 0.1) is 12.7 Å². The number of nitrogens with one attached hydrogen (secondary N) is 1. The van der Waals surface area contributed by atoms with Gasteiger partial charge >= 0.3 is 13.5 Å². The van der Waals surface area contributed by atoms with E-state index in [0.29, 0.717) is 0 Å². The molecule has 4 atom stereocenters. The van der Waals surface area contributed by atoms with Crippen LogP contribution >= 0.6 is 16.3 Å². The highest BCUT2D eigenvalue weighted by atomic mass is 31.2. The van der Waals surface area contributed by atoms with E-state index < -0.39 is 52.6 Å². The summed E-state index contributed by atoms with van der Waals surface area (Å²) in [7, 11) is -6.99. The van der Waals surface area contributed by atoms with Gasteiger partial charge in [-0.25, -0.2) is 9.36 Å². The van der Waals surface area contributed by atoms with E-state index >= 15 is 0 Å². The zero-order chi connectivity index (χ0) is 18.1. The molecule has 0 radical (unpaired) electrons. The van der Waals surface area contributed by atoms with Crippen molar-refractivity contribution in [2.45, 2.75) is 31.8 Å². The molecule has 0 saturated carbocycles. The average molecular weight is 385 g/mol. The molecule has 136 valence electrons. The second kappa shape index (κ2) is 7.52. The molecule has 0 bridgehead atoms. The second-order valence-electron chi connectivity index (χ2n) is 5.08. The van der Waals surface area contributed by atoms with Crippen LogP contribution in [-0.4, -0.2) is 43.0 Å². The predicted octanol–water partition coefficient (Wildman–Crippen LogP) is -1.20. The Hall–Kier alpha value is -0.940. The lowest BCUT2D eigenvalue weighted by atomic mass is 10.2. The van der Waals surface area contributed by atoms with Crippen LogP contribution in [-0.2, 0) is 18.3 Å². The summed E-state index contributed by atoms with van der Waals surface area (Å²) in [5.74, 6) is 0. The molecule has 24 heavy (non-hydrogen) atoms. The van der Waals surface area contributed by atoms with Crippen LogP contribution in [0.15, 0.2) is 15.8 Å². The molecule has 1 aromatic heterocycles. The molecule has 0 spiro atoms. The summed E-state index contributed by atoms with van der Waals surface area (Å²) in [6.45, 7) is 0.963. The van der Waals surface area contributed by atoms with Gasteiger partial charge in [0.25, 0.3) is 5.56 Å². The van der Waals surface area contributed by atoms with E-state index in [-0.39, 0.29) is 12.0 Å². The van der Waals surface area contributed by atoms with Crippen LogP contribution < -0.4 is 16.8 Å². The van der Waals surface area contributed by atoms with Crippen molar-refractivity contribution in [2.75, 3.05) is 6.61 Å². The smallest absolute Gasteiger partial charge is 0.349 e. The highest BCUT2D eigenvalue weighted by Gasteiger charge is 2.40. The fourth-order valence-electron chi connectivity index (χ4n) is 2.24. The first-order valence-electron chi connectivity index (χ1n) is 6.65. The Kier molecular flexibility index (Phi) is 6.08. The summed E-state index contributed by atoms with van der Waals surface area (Å²) in [6, 6.07) is 0. The van der Waals surface area contributed by atoms with Crippen LogP contribution in [0.3, 0.4) is 0 Å². The van der Waals surface area contributed by atoms with E-state index in [4.69, 9.17) is 24.6 Å². The standard InChI is InChI=1S/C10H17N3O9P2/c1-5-3-13(10(15)12-9(5)14)8-2-6(22-23(11)16)7(21-8)4-20-24(17,18)19/h3,6-8,16H,2,4,11H2,1H3,(H,12,14,15)(H2,17,18,19)/t6-,7+,8+,23?/m0/s1. The van der Waals surface area contributed by atoms with Crippen LogP contribution in [0.25, 0.3) is 0 Å². The number of hydrogen-bond acceptors (Lipinski definition) is 8. The number of nitrogens with two attached hydrogens (primary N) is 1. The number of hydrogen-bond donors (Lipinski definition) is 5. The highest BCUT2D eigenvalue weighted by Crippen LogP contribution is 2.40. The number of rotatable bonds is 6. The second-order valence-corrected chi connectivity index (χ2v) is 7.13. The molecule has 1 aliphatic rings. The molecule has 0 aliphatic carbocycles. The Labute approximate surface area is 136 Å². The van der Waals surface area contributed by atoms with Crippen molar-refractivity contribution in [1.82, 2.24) is 9.55 Å². The Balaban J connectivity index is 2.21. The number of phosphoric acid groups is 1. The summed E-state index contributed by atoms with van der Waals surface area (Å²) in [5.41, 5.74) is 4.22. The van der Waals surface area contributed by atoms with Crippen LogP contribution in [0.4, 0.5) is 0 Å². The Morgan fingerprint density at radius 3 is 2.79 bits per heavy atom. The van der Waals surface area contributed by atoms with Crippen molar-refractivity contribution >= 4 is 16.3 Å². The maximum atomic E-state index is 11.9. The van der Waals surface area contributed by atoms with E-state index in [1.165, 1.54) is 13.1 Å². The number of aryl methyl sites for hydroxylation is 1. The van der Waals surface area contributed by atoms with Crippen molar-refractivity contribution in [3.8, 4) is 0 Å². The minimum absolute atomic E-state index is 0.0527. The summed E-state index contributed by atoms with van der Waals surface area (Å²) in [4.78, 5) is 52.2. The first-order valence-corrected chi connectivity index (χ1v) is 9.46. The number of nitrogens with zero attached hydrogens (tertiary/aromatic N) is 1. The lowest BCUT2D eigenvalue weighted by molar-refractivity contribution is -0.0412. The topological polar surface area (TPSA) is 186 Å². The number of aromatic amines is 1. The molecule has 1 aromatic rings. The molecule has 1 fully saturated rings. The van der Waals surface area contributed by atoms with Crippen LogP contribution in [0.5, 0.6) is 0 Å². The summed E-state index contributed by atoms with van der Waals surface area (Å²) in [6.07, 6.45) is -1.39. The maximum Gasteiger partial charge on any atom is 0.469 e. The third kappa shape index (κ3) is 5.03. The van der Waals surface area contributed by atoms with Crippen LogP contribution in [0, 0.1) is 6.92 Å². The SMILES string of the molecule is Cc1cn([C@H]2C[C@H](OP(N)O)[C@@H](COP(=O)(O)O)O2)c(=O)[nH]c1=O. The fraction of sp³-hybridized carbons (Fsp3) is 0.600. The molecule has 0 aromatic carbocycles. The van der Waals surface area contributed by atoms with Gasteiger partial charge in [-0.3, -0.25) is 24.4 Å². The Bertz CT molecular complexity index is 742. The zero-order valence-electron chi connectivity index (χ0n) is 12.4. The van der Waals surface area contributed by atoms with Gasteiger partial charge in [-0.05, 0) is 6.92 Å². The van der Waals surface area contributed by atoms with E-state index in [9.17, 15) is 19.0 Å². The molecule has 1 aliphatic heterocycles. The number of H-pyrrole nitrogens is 1. The van der Waals surface area contributed by atoms with Gasteiger partial charge < -0.3 is 23.9 Å². The van der Waals surface area contributed by atoms with Crippen molar-refractivity contribution in [3.63, 3.8) is 0 Å². The largest absolute Gasteiger partial charge is 0.469 e. The fourth-order valence-corrected chi connectivity index (χ4v) is 3.08. The van der Waals surface area contributed by atoms with Gasteiger partial charge in [-0.15, -0.1) is 0 Å². The van der Waals surface area contributed by atoms with E-state index in [0.717, 1.165) is 4.57 Å². The molecule has 12 nitrogen and oxygen atoms in total. The van der Waals surface area contributed by atoms with Gasteiger partial charge in [-0.2, -0.15) is 0 Å². The summed E-state index contributed by atoms with van der Waals surface area (Å²) < 4.78 is 26.9. The molecule has 1 unspecified atom stereocenters. The van der Waals surface area contributed by atoms with Gasteiger partial charge in [0.1, 0.15) is 12.3 Å². The molecule has 1 saturated heterocycles. The van der Waals surface area contributed by atoms with Crippen molar-refractivity contribution in [2.24, 2.45) is 5.50 Å². The lowest BCUT2D eigenvalue weighted by Gasteiger charge is -2.19. The van der Waals surface area contributed by atoms with Crippen molar-refractivity contribution < 1.29 is 33.0 Å². The van der Waals surface area contributed by atoms with Crippen LogP contribution in [0.2, 0.25) is 0 Å². The molecule has 0 amide bonds. The minimum Gasteiger partial charge on any atom is -0.349 e. The zero-order valence-corrected chi connectivity index (χ0v) is 14.2. The number of phosphoric ester groups is 1. The normalized spacial score (nSPS) is 25.8. The van der Waals surface area contributed by atoms with E-state index in [2.05, 4.69) is 9.51 Å². The molecular formula is C10H17N3O9P2. The monoisotopic (exact) mass is 385 g/mol. The van der Waals surface area contributed by atoms with Gasteiger partial charge in [0.15, 0.2) is 0 Å². The minimum atomic E-state index is -4.73. The third-order valence-electron chi connectivity index (χ3n) is 3.29. The molecule has 2 heterocycles. The molecule has 6 N–H and O–H groups in total. The maximum absolute atomic E-state index is 11.9. The van der Waals surface area contributed by atoms with Gasteiger partial charge in [0.2, 0.25) is 8.53 Å². The average Bonchev–Trinajstić information content (AvgIpc) is 2.82. The number of aromatic nitrogens is 2. The number of ether oxygens (including phenoxy) is 1. The highest BCUT2D eigenvalue weighted by molar-refractivity contribution is 7.46. The van der Waals surface area contributed by atoms with Crippen LogP contribution in [0.1, 0.15) is 18.2 Å². The molecular weight excluding hydrogens is 368 g/mol. The first kappa shape index (κ1) is 19.4. The quantitative estimate of drug-likeness (QED) is 0.373. The predicted molar refractivity (Wildman–Crippen MR) is 80.8 cm³/mol. The molecule has 14 heteroatoms. The lowest BCUT2D eigenvalue weighted by Crippen LogP contribution is -2.33. The van der Waals surface area contributed by atoms with Gasteiger partial charge in [-0.1, -0.05) is 0 Å². The summed E-state index contributed by atoms with van der Waals surface area (Å²) in [5, 5.41) is 0. The van der Waals surface area contributed by atoms with Crippen molar-refractivity contribution in [1.29, 1.82) is 0 Å². The van der Waals surface area contributed by atoms with E-state index in [1.54, 1.807) is 0 Å². The van der Waals surface area contributed by atoms with Gasteiger partial charge in [0, 0.05) is 18.2 Å². The third-order valence-corrected chi connectivity index (χ3v) is 4.26. The first-order chi connectivity index (χ1) is 11.1. The summed E-state index contributed by atoms with van der Waals surface area (Å²) >= 11 is 0. The van der Waals surface area contributed by atoms with E-state index in [1.807, 2.05) is 0 Å². The Morgan fingerprint density at radius 2 is 2.21 bits per heavy atom. The molecule has 2 rings (SSSR count). The van der Waals surface area contributed by atoms with Crippen molar-refractivity contribution in [3.05, 3.63) is 32.6 Å². The Morgan fingerprint density at radius 1 is 1.54 bits per heavy atom.